The summed E-state index contributed by atoms with van der Waals surface area (Å²) < 4.78 is 43.8. The van der Waals surface area contributed by atoms with E-state index in [1.807, 2.05) is 11.8 Å². The van der Waals surface area contributed by atoms with Crippen LogP contribution in [0.25, 0.3) is 0 Å². The molecule has 1 N–H and O–H groups in total. The van der Waals surface area contributed by atoms with Crippen LogP contribution >= 0.6 is 24.0 Å². The number of piperazine rings is 1. The first-order valence-corrected chi connectivity index (χ1v) is 9.36. The molecule has 0 bridgehead atoms. The van der Waals surface area contributed by atoms with Gasteiger partial charge < -0.3 is 19.9 Å². The maximum atomic E-state index is 14.2. The molecule has 2 heterocycles. The Balaban J connectivity index is 0.00000320. The molecule has 1 fully saturated rings. The lowest BCUT2D eigenvalue weighted by atomic mass is 10.2. The van der Waals surface area contributed by atoms with E-state index in [2.05, 4.69) is 29.9 Å². The van der Waals surface area contributed by atoms with Crippen LogP contribution in [0.1, 0.15) is 12.5 Å². The average molecular weight is 536 g/mol. The number of benzene rings is 1. The molecule has 0 atom stereocenters. The lowest BCUT2D eigenvalue weighted by Crippen LogP contribution is -2.53. The van der Waals surface area contributed by atoms with Crippen molar-refractivity contribution >= 4 is 35.9 Å². The zero-order chi connectivity index (χ0) is 20.6. The predicted octanol–water partition coefficient (Wildman–Crippen LogP) is 3.12. The molecule has 1 aliphatic rings. The summed E-state index contributed by atoms with van der Waals surface area (Å²) in [5.41, 5.74) is -0.000440. The van der Waals surface area contributed by atoms with Crippen molar-refractivity contribution in [3.05, 3.63) is 48.0 Å². The lowest BCUT2D eigenvalue weighted by Gasteiger charge is -2.36. The lowest BCUT2D eigenvalue weighted by molar-refractivity contribution is -0.0506. The number of hydrogen-bond donors (Lipinski definition) is 1. The minimum Gasteiger partial charge on any atom is -0.434 e. The number of nitrogens with zero attached hydrogens (tertiary/aromatic N) is 5. The molecule has 0 amide bonds. The number of nitrogens with one attached hydrogen (secondary N) is 1. The molecule has 164 valence electrons. The number of hydrogen-bond acceptors (Lipinski definition) is 5. The highest BCUT2D eigenvalue weighted by Crippen LogP contribution is 2.24. The number of aliphatic imine (C=N–C) groups is 1. The van der Waals surface area contributed by atoms with Gasteiger partial charge >= 0.3 is 6.61 Å². The summed E-state index contributed by atoms with van der Waals surface area (Å²) in [7, 11) is 0. The fourth-order valence-corrected chi connectivity index (χ4v) is 3.05. The Morgan fingerprint density at radius 2 is 1.87 bits per heavy atom. The average Bonchev–Trinajstić information content (AvgIpc) is 2.73. The molecule has 1 saturated heterocycles. The minimum atomic E-state index is -3.03. The molecule has 0 saturated carbocycles. The maximum Gasteiger partial charge on any atom is 0.387 e. The van der Waals surface area contributed by atoms with Gasteiger partial charge in [0.15, 0.2) is 5.96 Å². The van der Waals surface area contributed by atoms with Crippen molar-refractivity contribution in [2.75, 3.05) is 37.6 Å². The van der Waals surface area contributed by atoms with Gasteiger partial charge in [-0.25, -0.2) is 19.4 Å². The normalized spacial score (nSPS) is 14.5. The van der Waals surface area contributed by atoms with Gasteiger partial charge in [0.25, 0.3) is 0 Å². The van der Waals surface area contributed by atoms with Crippen LogP contribution < -0.4 is 15.0 Å². The van der Waals surface area contributed by atoms with E-state index in [1.165, 1.54) is 18.2 Å². The number of aromatic nitrogens is 2. The van der Waals surface area contributed by atoms with Gasteiger partial charge in [0.05, 0.1) is 12.1 Å². The Morgan fingerprint density at radius 3 is 2.50 bits per heavy atom. The molecule has 7 nitrogen and oxygen atoms in total. The first kappa shape index (κ1) is 24.0. The maximum absolute atomic E-state index is 14.2. The van der Waals surface area contributed by atoms with Crippen LogP contribution in [0.15, 0.2) is 41.7 Å². The molecular formula is C19H24F3IN6O. The fraction of sp³-hybridized carbons (Fsp3) is 0.421. The van der Waals surface area contributed by atoms with Crippen LogP contribution in [0.4, 0.5) is 19.1 Å². The fourth-order valence-electron chi connectivity index (χ4n) is 3.05. The number of halogens is 4. The Morgan fingerprint density at radius 1 is 1.17 bits per heavy atom. The molecule has 1 aromatic heterocycles. The third-order valence-corrected chi connectivity index (χ3v) is 4.43. The van der Waals surface area contributed by atoms with Crippen LogP contribution in [0.2, 0.25) is 0 Å². The SMILES string of the molecule is CCNC(=NCc1c(F)cccc1OC(F)F)N1CCN(c2ncccn2)CC1.I. The summed E-state index contributed by atoms with van der Waals surface area (Å²) in [5.74, 6) is 0.432. The molecule has 30 heavy (non-hydrogen) atoms. The largest absolute Gasteiger partial charge is 0.434 e. The standard InChI is InChI=1S/C19H23F3N6O.HI/c1-2-23-18(26-13-14-15(20)5-3-6-16(14)29-17(21)22)27-9-11-28(12-10-27)19-24-7-4-8-25-19;/h3-8,17H,2,9-13H2,1H3,(H,23,26);1H. The summed E-state index contributed by atoms with van der Waals surface area (Å²) in [6.45, 7) is 2.15. The zero-order valence-corrected chi connectivity index (χ0v) is 18.8. The van der Waals surface area contributed by atoms with E-state index >= 15 is 0 Å². The van der Waals surface area contributed by atoms with Crippen LogP contribution in [0.3, 0.4) is 0 Å². The van der Waals surface area contributed by atoms with Gasteiger partial charge in [-0.1, -0.05) is 6.07 Å². The first-order valence-electron chi connectivity index (χ1n) is 9.36. The van der Waals surface area contributed by atoms with Gasteiger partial charge in [0.2, 0.25) is 5.95 Å². The summed E-state index contributed by atoms with van der Waals surface area (Å²) >= 11 is 0. The number of guanidine groups is 1. The predicted molar refractivity (Wildman–Crippen MR) is 119 cm³/mol. The Hall–Kier alpha value is -2.31. The van der Waals surface area contributed by atoms with Crippen molar-refractivity contribution < 1.29 is 17.9 Å². The number of ether oxygens (including phenoxy) is 1. The molecule has 2 aromatic rings. The number of rotatable bonds is 6. The van der Waals surface area contributed by atoms with Crippen molar-refractivity contribution in [3.8, 4) is 5.75 Å². The second-order valence-electron chi connectivity index (χ2n) is 6.29. The summed E-state index contributed by atoms with van der Waals surface area (Å²) in [6.07, 6.45) is 3.40. The highest BCUT2D eigenvalue weighted by Gasteiger charge is 2.21. The molecular weight excluding hydrogens is 512 g/mol. The summed E-state index contributed by atoms with van der Waals surface area (Å²) in [5, 5.41) is 3.17. The van der Waals surface area contributed by atoms with Crippen molar-refractivity contribution in [3.63, 3.8) is 0 Å². The van der Waals surface area contributed by atoms with Gasteiger partial charge in [-0.3, -0.25) is 0 Å². The minimum absolute atomic E-state index is 0. The van der Waals surface area contributed by atoms with Crippen molar-refractivity contribution in [2.45, 2.75) is 20.1 Å². The van der Waals surface area contributed by atoms with Gasteiger partial charge in [-0.15, -0.1) is 24.0 Å². The Bertz CT molecular complexity index is 819. The van der Waals surface area contributed by atoms with Crippen LogP contribution in [0.5, 0.6) is 5.75 Å². The molecule has 1 aliphatic heterocycles. The second-order valence-corrected chi connectivity index (χ2v) is 6.29. The number of anilines is 1. The van der Waals surface area contributed by atoms with Crippen molar-refractivity contribution in [1.82, 2.24) is 20.2 Å². The number of alkyl halides is 2. The van der Waals surface area contributed by atoms with E-state index in [0.29, 0.717) is 44.6 Å². The molecule has 0 aliphatic carbocycles. The van der Waals surface area contributed by atoms with E-state index in [1.54, 1.807) is 18.5 Å². The van der Waals surface area contributed by atoms with E-state index in [-0.39, 0.29) is 41.8 Å². The monoisotopic (exact) mass is 536 g/mol. The molecule has 11 heteroatoms. The van der Waals surface area contributed by atoms with Gasteiger partial charge in [0.1, 0.15) is 11.6 Å². The van der Waals surface area contributed by atoms with E-state index in [9.17, 15) is 13.2 Å². The molecule has 0 radical (unpaired) electrons. The molecule has 0 spiro atoms. The Kier molecular flexibility index (Phi) is 9.40. The topological polar surface area (TPSA) is 65.9 Å². The third-order valence-electron chi connectivity index (χ3n) is 4.43. The molecule has 0 unspecified atom stereocenters. The van der Waals surface area contributed by atoms with Gasteiger partial charge in [-0.2, -0.15) is 8.78 Å². The van der Waals surface area contributed by atoms with Crippen molar-refractivity contribution in [1.29, 1.82) is 0 Å². The summed E-state index contributed by atoms with van der Waals surface area (Å²) in [4.78, 5) is 17.1. The van der Waals surface area contributed by atoms with E-state index in [4.69, 9.17) is 0 Å². The van der Waals surface area contributed by atoms with E-state index in [0.717, 1.165) is 0 Å². The smallest absolute Gasteiger partial charge is 0.387 e. The quantitative estimate of drug-likeness (QED) is 0.348. The second kappa shape index (κ2) is 11.8. The van der Waals surface area contributed by atoms with Crippen LogP contribution in [-0.4, -0.2) is 60.2 Å². The van der Waals surface area contributed by atoms with Gasteiger partial charge in [0, 0.05) is 45.1 Å². The summed E-state index contributed by atoms with van der Waals surface area (Å²) in [6, 6.07) is 5.61. The van der Waals surface area contributed by atoms with E-state index < -0.39 is 12.4 Å². The van der Waals surface area contributed by atoms with Crippen molar-refractivity contribution in [2.24, 2.45) is 4.99 Å². The van der Waals surface area contributed by atoms with Crippen LogP contribution in [-0.2, 0) is 6.54 Å². The van der Waals surface area contributed by atoms with Gasteiger partial charge in [-0.05, 0) is 25.1 Å². The Labute approximate surface area is 190 Å². The molecule has 3 rings (SSSR count). The van der Waals surface area contributed by atoms with Crippen LogP contribution in [0, 0.1) is 5.82 Å². The molecule has 1 aromatic carbocycles. The first-order chi connectivity index (χ1) is 14.1. The zero-order valence-electron chi connectivity index (χ0n) is 16.5. The highest BCUT2D eigenvalue weighted by atomic mass is 127. The highest BCUT2D eigenvalue weighted by molar-refractivity contribution is 14.0. The third kappa shape index (κ3) is 6.34.